The number of anilines is 1. The van der Waals surface area contributed by atoms with E-state index < -0.39 is 0 Å². The van der Waals surface area contributed by atoms with Crippen molar-refractivity contribution < 1.29 is 9.53 Å². The smallest absolute Gasteiger partial charge is 0.268 e. The highest BCUT2D eigenvalue weighted by Gasteiger charge is 2.34. The molecule has 2 N–H and O–H groups in total. The number of carbonyl (C=O) groups excluding carboxylic acids is 1. The summed E-state index contributed by atoms with van der Waals surface area (Å²) < 4.78 is 5.82. The number of hydrogen-bond donors (Lipinski definition) is 1. The summed E-state index contributed by atoms with van der Waals surface area (Å²) in [4.78, 5) is 14.3. The van der Waals surface area contributed by atoms with Crippen LogP contribution < -0.4 is 15.4 Å². The highest BCUT2D eigenvalue weighted by atomic mass is 16.5. The molecule has 2 rings (SSSR count). The Labute approximate surface area is 120 Å². The van der Waals surface area contributed by atoms with Crippen LogP contribution in [-0.2, 0) is 11.2 Å². The van der Waals surface area contributed by atoms with Gasteiger partial charge in [-0.2, -0.15) is 0 Å². The largest absolute Gasteiger partial charge is 0.478 e. The molecule has 0 radical (unpaired) electrons. The van der Waals surface area contributed by atoms with Crippen molar-refractivity contribution in [1.82, 2.24) is 0 Å². The van der Waals surface area contributed by atoms with Gasteiger partial charge in [-0.1, -0.05) is 13.0 Å². The van der Waals surface area contributed by atoms with Gasteiger partial charge in [0.15, 0.2) is 6.10 Å². The van der Waals surface area contributed by atoms with Crippen molar-refractivity contribution in [2.45, 2.75) is 52.2 Å². The molecule has 0 aliphatic carbocycles. The van der Waals surface area contributed by atoms with Gasteiger partial charge in [-0.25, -0.2) is 0 Å². The summed E-state index contributed by atoms with van der Waals surface area (Å²) in [5, 5.41) is 0. The molecule has 1 unspecified atom stereocenters. The minimum Gasteiger partial charge on any atom is -0.478 e. The summed E-state index contributed by atoms with van der Waals surface area (Å²) in [5.41, 5.74) is 7.65. The lowest BCUT2D eigenvalue weighted by Gasteiger charge is -2.36. The summed E-state index contributed by atoms with van der Waals surface area (Å²) in [7, 11) is 0. The molecule has 4 heteroatoms. The Morgan fingerprint density at radius 1 is 1.40 bits per heavy atom. The normalized spacial score (nSPS) is 18.1. The maximum Gasteiger partial charge on any atom is 0.268 e. The fraction of sp³-hybridized carbons (Fsp3) is 0.562. The number of nitrogens with zero attached hydrogens (tertiary/aromatic N) is 1. The molecular formula is C16H24N2O2. The number of carbonyl (C=O) groups is 1. The second kappa shape index (κ2) is 6.27. The van der Waals surface area contributed by atoms with Crippen molar-refractivity contribution in [1.29, 1.82) is 0 Å². The van der Waals surface area contributed by atoms with Crippen molar-refractivity contribution in [3.63, 3.8) is 0 Å². The first-order valence-electron chi connectivity index (χ1n) is 7.41. The van der Waals surface area contributed by atoms with Crippen LogP contribution in [0.3, 0.4) is 0 Å². The van der Waals surface area contributed by atoms with Crippen molar-refractivity contribution in [3.8, 4) is 5.75 Å². The standard InChI is InChI=1S/C16H24N2O2/c1-4-14-16(19)18(11(2)3)13-10-12(6-5-9-17)7-8-15(13)20-14/h7-8,10-11,14H,4-6,9,17H2,1-3H3. The van der Waals surface area contributed by atoms with Gasteiger partial charge in [0.25, 0.3) is 5.91 Å². The number of aryl methyl sites for hydroxylation is 1. The minimum absolute atomic E-state index is 0.0611. The molecule has 1 aromatic carbocycles. The van der Waals surface area contributed by atoms with Crippen LogP contribution in [0.1, 0.15) is 39.2 Å². The molecule has 1 heterocycles. The van der Waals surface area contributed by atoms with Crippen LogP contribution in [0, 0.1) is 0 Å². The van der Waals surface area contributed by atoms with Gasteiger partial charge in [0, 0.05) is 6.04 Å². The molecule has 1 atom stereocenters. The number of nitrogens with two attached hydrogens (primary N) is 1. The maximum atomic E-state index is 12.5. The molecule has 20 heavy (non-hydrogen) atoms. The van der Waals surface area contributed by atoms with Gasteiger partial charge in [-0.3, -0.25) is 4.79 Å². The summed E-state index contributed by atoms with van der Waals surface area (Å²) in [6.45, 7) is 6.72. The lowest BCUT2D eigenvalue weighted by Crippen LogP contribution is -2.48. The van der Waals surface area contributed by atoms with Crippen LogP contribution in [0.4, 0.5) is 5.69 Å². The first-order chi connectivity index (χ1) is 9.58. The average Bonchev–Trinajstić information content (AvgIpc) is 2.43. The Balaban J connectivity index is 2.37. The first-order valence-corrected chi connectivity index (χ1v) is 7.41. The van der Waals surface area contributed by atoms with Crippen LogP contribution in [0.2, 0.25) is 0 Å². The van der Waals surface area contributed by atoms with E-state index >= 15 is 0 Å². The molecule has 1 aliphatic rings. The van der Waals surface area contributed by atoms with E-state index in [1.807, 2.05) is 31.7 Å². The SMILES string of the molecule is CCC1Oc2ccc(CCCN)cc2N(C(C)C)C1=O. The molecule has 1 amide bonds. The van der Waals surface area contributed by atoms with E-state index in [2.05, 4.69) is 12.1 Å². The van der Waals surface area contributed by atoms with Crippen LogP contribution in [-0.4, -0.2) is 24.6 Å². The van der Waals surface area contributed by atoms with Crippen molar-refractivity contribution in [2.24, 2.45) is 5.73 Å². The average molecular weight is 276 g/mol. The quantitative estimate of drug-likeness (QED) is 0.899. The fourth-order valence-electron chi connectivity index (χ4n) is 2.58. The Morgan fingerprint density at radius 3 is 2.75 bits per heavy atom. The number of hydrogen-bond acceptors (Lipinski definition) is 3. The van der Waals surface area contributed by atoms with E-state index in [4.69, 9.17) is 10.5 Å². The van der Waals surface area contributed by atoms with E-state index in [9.17, 15) is 4.79 Å². The van der Waals surface area contributed by atoms with E-state index in [0.717, 1.165) is 24.3 Å². The highest BCUT2D eigenvalue weighted by Crippen LogP contribution is 2.37. The molecule has 0 aromatic heterocycles. The number of fused-ring (bicyclic) bond motifs is 1. The Kier molecular flexibility index (Phi) is 4.65. The van der Waals surface area contributed by atoms with Gasteiger partial charge < -0.3 is 15.4 Å². The third-order valence-electron chi connectivity index (χ3n) is 3.62. The number of ether oxygens (including phenoxy) is 1. The first kappa shape index (κ1) is 14.9. The second-order valence-electron chi connectivity index (χ2n) is 5.51. The number of rotatable bonds is 5. The zero-order valence-electron chi connectivity index (χ0n) is 12.6. The molecule has 0 saturated heterocycles. The second-order valence-corrected chi connectivity index (χ2v) is 5.51. The zero-order chi connectivity index (χ0) is 14.7. The van der Waals surface area contributed by atoms with Crippen LogP contribution in [0.15, 0.2) is 18.2 Å². The Morgan fingerprint density at radius 2 is 2.15 bits per heavy atom. The Bertz CT molecular complexity index is 485. The van der Waals surface area contributed by atoms with Gasteiger partial charge in [0.05, 0.1) is 5.69 Å². The monoisotopic (exact) mass is 276 g/mol. The van der Waals surface area contributed by atoms with E-state index in [1.165, 1.54) is 5.56 Å². The lowest BCUT2D eigenvalue weighted by atomic mass is 10.0. The molecule has 0 fully saturated rings. The van der Waals surface area contributed by atoms with E-state index in [-0.39, 0.29) is 18.1 Å². The van der Waals surface area contributed by atoms with Crippen LogP contribution >= 0.6 is 0 Å². The number of amides is 1. The predicted octanol–water partition coefficient (Wildman–Crippen LogP) is 2.49. The molecule has 0 bridgehead atoms. The topological polar surface area (TPSA) is 55.6 Å². The summed E-state index contributed by atoms with van der Waals surface area (Å²) in [6.07, 6.45) is 2.21. The van der Waals surface area contributed by atoms with Crippen molar-refractivity contribution in [3.05, 3.63) is 23.8 Å². The fourth-order valence-corrected chi connectivity index (χ4v) is 2.58. The van der Waals surface area contributed by atoms with Crippen LogP contribution in [0.25, 0.3) is 0 Å². The van der Waals surface area contributed by atoms with Crippen LogP contribution in [0.5, 0.6) is 5.75 Å². The van der Waals surface area contributed by atoms with Gasteiger partial charge in [0.1, 0.15) is 5.75 Å². The number of benzene rings is 1. The third kappa shape index (κ3) is 2.80. The third-order valence-corrected chi connectivity index (χ3v) is 3.62. The van der Waals surface area contributed by atoms with Crippen molar-refractivity contribution >= 4 is 11.6 Å². The molecule has 0 saturated carbocycles. The minimum atomic E-state index is -0.361. The van der Waals surface area contributed by atoms with Gasteiger partial charge in [0.2, 0.25) is 0 Å². The lowest BCUT2D eigenvalue weighted by molar-refractivity contribution is -0.126. The van der Waals surface area contributed by atoms with Gasteiger partial charge in [-0.15, -0.1) is 0 Å². The Hall–Kier alpha value is -1.55. The van der Waals surface area contributed by atoms with E-state index in [0.29, 0.717) is 13.0 Å². The van der Waals surface area contributed by atoms with E-state index in [1.54, 1.807) is 0 Å². The molecule has 0 spiro atoms. The molecular weight excluding hydrogens is 252 g/mol. The van der Waals surface area contributed by atoms with Crippen molar-refractivity contribution in [2.75, 3.05) is 11.4 Å². The molecule has 110 valence electrons. The summed E-state index contributed by atoms with van der Waals surface area (Å²) in [6, 6.07) is 6.24. The van der Waals surface area contributed by atoms with Gasteiger partial charge in [-0.05, 0) is 57.4 Å². The van der Waals surface area contributed by atoms with Gasteiger partial charge >= 0.3 is 0 Å². The molecule has 1 aliphatic heterocycles. The highest BCUT2D eigenvalue weighted by molar-refractivity contribution is 6.00. The summed E-state index contributed by atoms with van der Waals surface area (Å²) in [5.74, 6) is 0.868. The zero-order valence-corrected chi connectivity index (χ0v) is 12.6. The predicted molar refractivity (Wildman–Crippen MR) is 81.1 cm³/mol. The molecule has 1 aromatic rings. The molecule has 4 nitrogen and oxygen atoms in total. The maximum absolute atomic E-state index is 12.5. The summed E-state index contributed by atoms with van der Waals surface area (Å²) >= 11 is 0.